The lowest BCUT2D eigenvalue weighted by Crippen LogP contribution is -2.47. The van der Waals surface area contributed by atoms with E-state index < -0.39 is 0 Å². The Morgan fingerprint density at radius 2 is 1.85 bits per heavy atom. The molecular formula is C18H29NO. The van der Waals surface area contributed by atoms with Crippen molar-refractivity contribution >= 4 is 0 Å². The molecule has 0 aliphatic heterocycles. The summed E-state index contributed by atoms with van der Waals surface area (Å²) in [5.74, 6) is 1.63. The molecule has 1 aliphatic carbocycles. The van der Waals surface area contributed by atoms with Crippen LogP contribution in [0.4, 0.5) is 0 Å². The van der Waals surface area contributed by atoms with Crippen molar-refractivity contribution in [2.24, 2.45) is 17.1 Å². The van der Waals surface area contributed by atoms with E-state index in [9.17, 15) is 0 Å². The molecule has 1 aromatic rings. The van der Waals surface area contributed by atoms with Crippen LogP contribution in [-0.2, 0) is 5.54 Å². The highest BCUT2D eigenvalue weighted by molar-refractivity contribution is 5.49. The Hall–Kier alpha value is -1.02. The smallest absolute Gasteiger partial charge is 0.127 e. The molecule has 0 saturated heterocycles. The first kappa shape index (κ1) is 15.4. The number of ether oxygens (including phenoxy) is 1. The number of benzene rings is 1. The molecule has 1 aromatic carbocycles. The molecule has 2 rings (SSSR count). The van der Waals surface area contributed by atoms with Gasteiger partial charge in [0.15, 0.2) is 0 Å². The van der Waals surface area contributed by atoms with Gasteiger partial charge in [0.1, 0.15) is 5.75 Å². The van der Waals surface area contributed by atoms with Crippen molar-refractivity contribution in [3.63, 3.8) is 0 Å². The first-order chi connectivity index (χ1) is 9.18. The van der Waals surface area contributed by atoms with Gasteiger partial charge in [-0.2, -0.15) is 0 Å². The fourth-order valence-electron chi connectivity index (χ4n) is 4.29. The van der Waals surface area contributed by atoms with Gasteiger partial charge < -0.3 is 10.5 Å². The van der Waals surface area contributed by atoms with Crippen LogP contribution in [0.1, 0.15) is 56.7 Å². The summed E-state index contributed by atoms with van der Waals surface area (Å²) in [6.07, 6.45) is 3.30. The quantitative estimate of drug-likeness (QED) is 0.872. The second-order valence-electron chi connectivity index (χ2n) is 7.60. The number of methoxy groups -OCH3 is 1. The first-order valence-electron chi connectivity index (χ1n) is 7.62. The summed E-state index contributed by atoms with van der Waals surface area (Å²) in [5, 5.41) is 0. The van der Waals surface area contributed by atoms with Crippen LogP contribution in [-0.4, -0.2) is 7.11 Å². The topological polar surface area (TPSA) is 35.2 Å². The summed E-state index contributed by atoms with van der Waals surface area (Å²) in [6.45, 7) is 11.2. The zero-order chi connectivity index (χ0) is 15.1. The molecule has 2 atom stereocenters. The molecule has 0 heterocycles. The van der Waals surface area contributed by atoms with Gasteiger partial charge in [-0.1, -0.05) is 32.9 Å². The zero-order valence-corrected chi connectivity index (χ0v) is 13.8. The SMILES string of the molecule is COc1c(C2(N)CC(C)CC(C)(C)C2)ccc(C)c1C. The predicted molar refractivity (Wildman–Crippen MR) is 85.1 cm³/mol. The van der Waals surface area contributed by atoms with Gasteiger partial charge in [0.2, 0.25) is 0 Å². The van der Waals surface area contributed by atoms with Crippen LogP contribution in [0.5, 0.6) is 5.75 Å². The third-order valence-electron chi connectivity index (χ3n) is 4.83. The molecule has 112 valence electrons. The molecular weight excluding hydrogens is 246 g/mol. The van der Waals surface area contributed by atoms with E-state index >= 15 is 0 Å². The van der Waals surface area contributed by atoms with Crippen molar-refractivity contribution in [1.82, 2.24) is 0 Å². The van der Waals surface area contributed by atoms with Gasteiger partial charge in [0, 0.05) is 11.1 Å². The normalized spacial score (nSPS) is 29.2. The fourth-order valence-corrected chi connectivity index (χ4v) is 4.29. The molecule has 2 unspecified atom stereocenters. The van der Waals surface area contributed by atoms with E-state index in [4.69, 9.17) is 10.5 Å². The minimum Gasteiger partial charge on any atom is -0.496 e. The monoisotopic (exact) mass is 275 g/mol. The van der Waals surface area contributed by atoms with E-state index in [1.54, 1.807) is 7.11 Å². The largest absolute Gasteiger partial charge is 0.496 e. The second-order valence-corrected chi connectivity index (χ2v) is 7.60. The highest BCUT2D eigenvalue weighted by Crippen LogP contribution is 2.49. The molecule has 0 amide bonds. The highest BCUT2D eigenvalue weighted by atomic mass is 16.5. The molecule has 2 N–H and O–H groups in total. The van der Waals surface area contributed by atoms with Gasteiger partial charge >= 0.3 is 0 Å². The maximum absolute atomic E-state index is 6.86. The Kier molecular flexibility index (Phi) is 3.90. The van der Waals surface area contributed by atoms with Crippen molar-refractivity contribution in [2.75, 3.05) is 7.11 Å². The third-order valence-corrected chi connectivity index (χ3v) is 4.83. The molecule has 0 spiro atoms. The van der Waals surface area contributed by atoms with E-state index in [2.05, 4.69) is 46.8 Å². The average molecular weight is 275 g/mol. The number of hydrogen-bond acceptors (Lipinski definition) is 2. The van der Waals surface area contributed by atoms with Crippen LogP contribution in [0.2, 0.25) is 0 Å². The summed E-state index contributed by atoms with van der Waals surface area (Å²) >= 11 is 0. The molecule has 2 heteroatoms. The number of aryl methyl sites for hydroxylation is 1. The van der Waals surface area contributed by atoms with E-state index in [1.165, 1.54) is 23.1 Å². The first-order valence-corrected chi connectivity index (χ1v) is 7.62. The van der Waals surface area contributed by atoms with Crippen LogP contribution in [0.25, 0.3) is 0 Å². The van der Waals surface area contributed by atoms with Gasteiger partial charge in [-0.05, 0) is 55.6 Å². The summed E-state index contributed by atoms with van der Waals surface area (Å²) in [5.41, 5.74) is 10.5. The Bertz CT molecular complexity index is 506. The van der Waals surface area contributed by atoms with E-state index in [1.807, 2.05) is 0 Å². The van der Waals surface area contributed by atoms with Crippen LogP contribution >= 0.6 is 0 Å². The summed E-state index contributed by atoms with van der Waals surface area (Å²) < 4.78 is 5.70. The van der Waals surface area contributed by atoms with Gasteiger partial charge in [-0.15, -0.1) is 0 Å². The van der Waals surface area contributed by atoms with E-state index in [0.717, 1.165) is 18.6 Å². The highest BCUT2D eigenvalue weighted by Gasteiger charge is 2.42. The van der Waals surface area contributed by atoms with Crippen molar-refractivity contribution in [3.05, 3.63) is 28.8 Å². The minimum absolute atomic E-state index is 0.273. The molecule has 2 nitrogen and oxygen atoms in total. The standard InChI is InChI=1S/C18H29NO/c1-12-9-17(4,5)11-18(19,10-12)15-8-7-13(2)14(3)16(15)20-6/h7-8,12H,9-11,19H2,1-6H3. The molecule has 0 aromatic heterocycles. The molecule has 20 heavy (non-hydrogen) atoms. The average Bonchev–Trinajstić information content (AvgIpc) is 2.28. The van der Waals surface area contributed by atoms with Crippen LogP contribution in [0, 0.1) is 25.2 Å². The lowest BCUT2D eigenvalue weighted by molar-refractivity contribution is 0.105. The molecule has 1 fully saturated rings. The minimum atomic E-state index is -0.273. The zero-order valence-electron chi connectivity index (χ0n) is 13.8. The van der Waals surface area contributed by atoms with Crippen LogP contribution in [0.3, 0.4) is 0 Å². The Morgan fingerprint density at radius 1 is 1.20 bits per heavy atom. The van der Waals surface area contributed by atoms with Gasteiger partial charge in [0.05, 0.1) is 7.11 Å². The van der Waals surface area contributed by atoms with Crippen LogP contribution < -0.4 is 10.5 Å². The fraction of sp³-hybridized carbons (Fsp3) is 0.667. The number of nitrogens with two attached hydrogens (primary N) is 1. The predicted octanol–water partition coefficient (Wildman–Crippen LogP) is 4.31. The van der Waals surface area contributed by atoms with Gasteiger partial charge in [-0.3, -0.25) is 0 Å². The maximum atomic E-state index is 6.86. The van der Waals surface area contributed by atoms with Crippen molar-refractivity contribution in [3.8, 4) is 5.75 Å². The van der Waals surface area contributed by atoms with Crippen molar-refractivity contribution in [1.29, 1.82) is 0 Å². The molecule has 0 bridgehead atoms. The van der Waals surface area contributed by atoms with E-state index in [-0.39, 0.29) is 11.0 Å². The van der Waals surface area contributed by atoms with Gasteiger partial charge in [-0.25, -0.2) is 0 Å². The molecule has 0 radical (unpaired) electrons. The number of rotatable bonds is 2. The lowest BCUT2D eigenvalue weighted by Gasteiger charge is -2.46. The van der Waals surface area contributed by atoms with E-state index in [0.29, 0.717) is 5.92 Å². The van der Waals surface area contributed by atoms with Gasteiger partial charge in [0.25, 0.3) is 0 Å². The third kappa shape index (κ3) is 2.71. The van der Waals surface area contributed by atoms with Crippen LogP contribution in [0.15, 0.2) is 12.1 Å². The Balaban J connectivity index is 2.52. The second kappa shape index (κ2) is 5.07. The molecule has 1 saturated carbocycles. The Morgan fingerprint density at radius 3 is 2.40 bits per heavy atom. The Labute approximate surface area is 123 Å². The summed E-state index contributed by atoms with van der Waals surface area (Å²) in [7, 11) is 1.76. The number of hydrogen-bond donors (Lipinski definition) is 1. The maximum Gasteiger partial charge on any atom is 0.127 e. The van der Waals surface area contributed by atoms with Crippen molar-refractivity contribution < 1.29 is 4.74 Å². The summed E-state index contributed by atoms with van der Waals surface area (Å²) in [6, 6.07) is 4.35. The summed E-state index contributed by atoms with van der Waals surface area (Å²) in [4.78, 5) is 0. The lowest BCUT2D eigenvalue weighted by atomic mass is 9.62. The molecule has 1 aliphatic rings. The van der Waals surface area contributed by atoms with Crippen molar-refractivity contribution in [2.45, 2.75) is 59.4 Å².